The molecule has 0 unspecified atom stereocenters. The van der Waals surface area contributed by atoms with Crippen molar-refractivity contribution in [2.24, 2.45) is 5.41 Å². The second-order valence-corrected chi connectivity index (χ2v) is 8.94. The van der Waals surface area contributed by atoms with Gasteiger partial charge in [-0.05, 0) is 42.2 Å². The van der Waals surface area contributed by atoms with Crippen LogP contribution in [-0.2, 0) is 17.8 Å². The molecule has 0 fully saturated rings. The van der Waals surface area contributed by atoms with Crippen molar-refractivity contribution in [2.75, 3.05) is 14.2 Å². The minimum Gasteiger partial charge on any atom is -0.497 e. The largest absolute Gasteiger partial charge is 0.497 e. The molecule has 0 saturated carbocycles. The number of rotatable bonds is 9. The van der Waals surface area contributed by atoms with E-state index < -0.39 is 5.97 Å². The van der Waals surface area contributed by atoms with Crippen LogP contribution >= 0.6 is 0 Å². The van der Waals surface area contributed by atoms with Crippen LogP contribution in [0.2, 0.25) is 0 Å². The van der Waals surface area contributed by atoms with E-state index in [2.05, 4.69) is 30.7 Å². The molecule has 35 heavy (non-hydrogen) atoms. The Morgan fingerprint density at radius 1 is 1.09 bits per heavy atom. The molecular formula is C26H28FN3O5. The number of nitrogens with zero attached hydrogens (tertiary/aromatic N) is 3. The lowest BCUT2D eigenvalue weighted by Gasteiger charge is -2.21. The summed E-state index contributed by atoms with van der Waals surface area (Å²) >= 11 is 0. The maximum absolute atomic E-state index is 14.7. The first-order valence-electron chi connectivity index (χ1n) is 10.9. The molecule has 0 aliphatic rings. The minimum atomic E-state index is -1.11. The van der Waals surface area contributed by atoms with Crippen LogP contribution in [-0.4, -0.2) is 40.2 Å². The van der Waals surface area contributed by atoms with E-state index in [0.717, 1.165) is 11.8 Å². The molecule has 0 atom stereocenters. The summed E-state index contributed by atoms with van der Waals surface area (Å²) in [6.07, 6.45) is 4.11. The molecule has 2 aromatic heterocycles. The topological polar surface area (TPSA) is 104 Å². The Hall–Kier alpha value is -4.01. The number of pyridine rings is 1. The predicted octanol–water partition coefficient (Wildman–Crippen LogP) is 4.96. The second-order valence-electron chi connectivity index (χ2n) is 8.94. The van der Waals surface area contributed by atoms with E-state index in [4.69, 9.17) is 24.3 Å². The fourth-order valence-electron chi connectivity index (χ4n) is 3.42. The van der Waals surface area contributed by atoms with E-state index in [0.29, 0.717) is 29.0 Å². The van der Waals surface area contributed by atoms with Crippen molar-refractivity contribution in [1.82, 2.24) is 15.0 Å². The molecule has 3 rings (SSSR count). The van der Waals surface area contributed by atoms with E-state index >= 15 is 0 Å². The van der Waals surface area contributed by atoms with E-state index in [1.54, 1.807) is 18.2 Å². The maximum atomic E-state index is 14.7. The van der Waals surface area contributed by atoms with E-state index in [1.165, 1.54) is 32.7 Å². The van der Waals surface area contributed by atoms with Crippen molar-refractivity contribution in [3.8, 4) is 28.5 Å². The second kappa shape index (κ2) is 10.9. The van der Waals surface area contributed by atoms with E-state index in [-0.39, 0.29) is 35.2 Å². The van der Waals surface area contributed by atoms with Gasteiger partial charge < -0.3 is 19.3 Å². The van der Waals surface area contributed by atoms with Gasteiger partial charge in [-0.2, -0.15) is 4.98 Å². The van der Waals surface area contributed by atoms with Gasteiger partial charge in [-0.1, -0.05) is 26.8 Å². The predicted molar refractivity (Wildman–Crippen MR) is 129 cm³/mol. The van der Waals surface area contributed by atoms with Crippen molar-refractivity contribution in [1.29, 1.82) is 0 Å². The van der Waals surface area contributed by atoms with Gasteiger partial charge >= 0.3 is 5.97 Å². The van der Waals surface area contributed by atoms with Gasteiger partial charge in [-0.15, -0.1) is 0 Å². The summed E-state index contributed by atoms with van der Waals surface area (Å²) in [5, 5.41) is 8.88. The molecule has 3 aromatic rings. The lowest BCUT2D eigenvalue weighted by Crippen LogP contribution is -2.13. The number of halogens is 1. The number of benzene rings is 1. The van der Waals surface area contributed by atoms with Gasteiger partial charge in [0.15, 0.2) is 0 Å². The van der Waals surface area contributed by atoms with Gasteiger partial charge in [0.2, 0.25) is 5.75 Å². The lowest BCUT2D eigenvalue weighted by atomic mass is 9.87. The smallest absolute Gasteiger partial charge is 0.328 e. The first-order valence-corrected chi connectivity index (χ1v) is 10.9. The number of hydrogen-bond acceptors (Lipinski definition) is 7. The Morgan fingerprint density at radius 3 is 2.51 bits per heavy atom. The van der Waals surface area contributed by atoms with Crippen molar-refractivity contribution in [2.45, 2.75) is 33.8 Å². The molecule has 184 valence electrons. The van der Waals surface area contributed by atoms with Crippen LogP contribution in [0, 0.1) is 11.2 Å². The molecule has 0 aliphatic heterocycles. The van der Waals surface area contributed by atoms with Gasteiger partial charge in [0, 0.05) is 22.9 Å². The maximum Gasteiger partial charge on any atom is 0.328 e. The summed E-state index contributed by atoms with van der Waals surface area (Å²) in [4.78, 5) is 23.8. The highest BCUT2D eigenvalue weighted by Crippen LogP contribution is 2.33. The van der Waals surface area contributed by atoms with Crippen molar-refractivity contribution in [3.63, 3.8) is 0 Å². The molecular weight excluding hydrogens is 453 g/mol. The highest BCUT2D eigenvalue weighted by molar-refractivity contribution is 5.85. The van der Waals surface area contributed by atoms with Crippen LogP contribution in [0.3, 0.4) is 0 Å². The van der Waals surface area contributed by atoms with Gasteiger partial charge in [-0.25, -0.2) is 14.2 Å². The Kier molecular flexibility index (Phi) is 8.01. The molecule has 1 aromatic carbocycles. The fraction of sp³-hybridized carbons (Fsp3) is 0.308. The number of aliphatic carboxylic acids is 1. The Bertz CT molecular complexity index is 1240. The van der Waals surface area contributed by atoms with Crippen molar-refractivity contribution in [3.05, 3.63) is 65.6 Å². The third-order valence-corrected chi connectivity index (χ3v) is 4.94. The zero-order valence-electron chi connectivity index (χ0n) is 20.3. The van der Waals surface area contributed by atoms with Crippen LogP contribution in [0.15, 0.2) is 42.7 Å². The highest BCUT2D eigenvalue weighted by atomic mass is 19.1. The summed E-state index contributed by atoms with van der Waals surface area (Å²) in [6.45, 7) is 6.32. The zero-order valence-corrected chi connectivity index (χ0v) is 20.3. The third-order valence-electron chi connectivity index (χ3n) is 4.94. The monoisotopic (exact) mass is 481 g/mol. The van der Waals surface area contributed by atoms with Crippen molar-refractivity contribution < 1.29 is 28.5 Å². The number of carboxylic acids is 1. The zero-order chi connectivity index (χ0) is 25.6. The number of aromatic nitrogens is 3. The standard InChI is InChI=1S/C26H28FN3O5/c1-26(2,3)13-22-18(19-12-17(33-4)7-9-20(19)27)8-6-16(30-22)14-35-25-24(34-5)21(28-15-29-25)10-11-23(31)32/h6-12,15H,13-14H2,1-5H3,(H,31,32). The molecule has 0 aliphatic carbocycles. The number of hydrogen-bond donors (Lipinski definition) is 1. The van der Waals surface area contributed by atoms with Gasteiger partial charge in [0.1, 0.15) is 30.2 Å². The lowest BCUT2D eigenvalue weighted by molar-refractivity contribution is -0.131. The summed E-state index contributed by atoms with van der Waals surface area (Å²) in [5.74, 6) is -0.570. The van der Waals surface area contributed by atoms with Crippen molar-refractivity contribution >= 4 is 12.0 Å². The number of methoxy groups -OCH3 is 2. The average molecular weight is 482 g/mol. The van der Waals surface area contributed by atoms with Crippen LogP contribution in [0.25, 0.3) is 17.2 Å². The molecule has 0 radical (unpaired) electrons. The fourth-order valence-corrected chi connectivity index (χ4v) is 3.42. The summed E-state index contributed by atoms with van der Waals surface area (Å²) < 4.78 is 31.2. The summed E-state index contributed by atoms with van der Waals surface area (Å²) in [7, 11) is 2.96. The van der Waals surface area contributed by atoms with Gasteiger partial charge in [-0.3, -0.25) is 4.98 Å². The number of ether oxygens (including phenoxy) is 3. The van der Waals surface area contributed by atoms with Crippen LogP contribution in [0.1, 0.15) is 37.9 Å². The van der Waals surface area contributed by atoms with Crippen LogP contribution in [0.5, 0.6) is 17.4 Å². The number of carboxylic acid groups (broad SMARTS) is 1. The minimum absolute atomic E-state index is 0.0630. The molecule has 0 saturated heterocycles. The summed E-state index contributed by atoms with van der Waals surface area (Å²) in [5.41, 5.74) is 2.60. The first kappa shape index (κ1) is 25.6. The summed E-state index contributed by atoms with van der Waals surface area (Å²) in [6, 6.07) is 8.20. The molecule has 0 spiro atoms. The molecule has 8 nitrogen and oxygen atoms in total. The van der Waals surface area contributed by atoms with E-state index in [9.17, 15) is 9.18 Å². The average Bonchev–Trinajstić information content (AvgIpc) is 2.81. The molecule has 0 bridgehead atoms. The Labute approximate surface area is 203 Å². The quantitative estimate of drug-likeness (QED) is 0.428. The molecule has 0 amide bonds. The van der Waals surface area contributed by atoms with Gasteiger partial charge in [0.05, 0.1) is 19.9 Å². The molecule has 1 N–H and O–H groups in total. The van der Waals surface area contributed by atoms with Crippen LogP contribution in [0.4, 0.5) is 4.39 Å². The Balaban J connectivity index is 1.94. The normalized spacial score (nSPS) is 11.5. The van der Waals surface area contributed by atoms with Gasteiger partial charge in [0.25, 0.3) is 5.88 Å². The highest BCUT2D eigenvalue weighted by Gasteiger charge is 2.20. The molecule has 2 heterocycles. The first-order chi connectivity index (χ1) is 16.6. The van der Waals surface area contributed by atoms with E-state index in [1.807, 2.05) is 6.07 Å². The third kappa shape index (κ3) is 6.75. The van der Waals surface area contributed by atoms with Crippen LogP contribution < -0.4 is 14.2 Å². The Morgan fingerprint density at radius 2 is 1.86 bits per heavy atom. The molecule has 9 heteroatoms. The SMILES string of the molecule is COc1ccc(F)c(-c2ccc(COc3ncnc(C=CC(=O)O)c3OC)nc2CC(C)(C)C)c1. The number of carbonyl (C=O) groups is 1.